The third-order valence-corrected chi connectivity index (χ3v) is 6.34. The van der Waals surface area contributed by atoms with E-state index in [1.54, 1.807) is 11.0 Å². The Bertz CT molecular complexity index is 867. The van der Waals surface area contributed by atoms with Crippen molar-refractivity contribution in [2.24, 2.45) is 11.8 Å². The maximum Gasteiger partial charge on any atom is 0.322 e. The first-order valence-electron chi connectivity index (χ1n) is 10.3. The van der Waals surface area contributed by atoms with Crippen LogP contribution in [0.1, 0.15) is 26.2 Å². The van der Waals surface area contributed by atoms with Crippen molar-refractivity contribution < 1.29 is 23.5 Å². The van der Waals surface area contributed by atoms with Crippen LogP contribution in [0.2, 0.25) is 0 Å². The predicted molar refractivity (Wildman–Crippen MR) is 108 cm³/mol. The van der Waals surface area contributed by atoms with Crippen molar-refractivity contribution in [1.29, 1.82) is 0 Å². The number of rotatable bonds is 6. The van der Waals surface area contributed by atoms with Crippen LogP contribution in [0.5, 0.6) is 5.75 Å². The van der Waals surface area contributed by atoms with Crippen LogP contribution in [0.3, 0.4) is 0 Å². The van der Waals surface area contributed by atoms with E-state index in [4.69, 9.17) is 4.74 Å². The second-order valence-electron chi connectivity index (χ2n) is 8.42. The lowest BCUT2D eigenvalue weighted by Gasteiger charge is -2.38. The van der Waals surface area contributed by atoms with Gasteiger partial charge in [0, 0.05) is 49.9 Å². The lowest BCUT2D eigenvalue weighted by molar-refractivity contribution is -0.137. The van der Waals surface area contributed by atoms with Crippen molar-refractivity contribution in [2.45, 2.75) is 31.7 Å². The normalized spacial score (nSPS) is 25.0. The Morgan fingerprint density at radius 1 is 1.23 bits per heavy atom. The molecule has 8 nitrogen and oxygen atoms in total. The Morgan fingerprint density at radius 2 is 1.93 bits per heavy atom. The summed E-state index contributed by atoms with van der Waals surface area (Å²) in [6.45, 7) is 3.99. The molecule has 0 radical (unpaired) electrons. The number of nitrogens with one attached hydrogen (secondary N) is 2. The maximum atomic E-state index is 13.8. The number of anilines is 1. The summed E-state index contributed by atoms with van der Waals surface area (Å²) in [4.78, 5) is 41.0. The maximum absolute atomic E-state index is 13.8. The molecule has 2 aliphatic heterocycles. The lowest BCUT2D eigenvalue weighted by Crippen LogP contribution is -2.54. The van der Waals surface area contributed by atoms with Crippen LogP contribution in [-0.2, 0) is 9.59 Å². The summed E-state index contributed by atoms with van der Waals surface area (Å²) >= 11 is 0. The highest BCUT2D eigenvalue weighted by Crippen LogP contribution is 2.44. The van der Waals surface area contributed by atoms with E-state index in [0.717, 1.165) is 18.5 Å². The predicted octanol–water partition coefficient (Wildman–Crippen LogP) is 1.50. The number of ether oxygens (including phenoxy) is 1. The average Bonchev–Trinajstić information content (AvgIpc) is 3.53. The summed E-state index contributed by atoms with van der Waals surface area (Å²) < 4.78 is 18.9. The lowest BCUT2D eigenvalue weighted by atomic mass is 9.83. The first kappa shape index (κ1) is 20.4. The van der Waals surface area contributed by atoms with E-state index in [-0.39, 0.29) is 23.5 Å². The first-order valence-corrected chi connectivity index (χ1v) is 10.3. The number of methoxy groups -OCH3 is 1. The zero-order valence-electron chi connectivity index (χ0n) is 17.2. The molecular formula is C21H27FN4O4. The zero-order chi connectivity index (χ0) is 21.5. The second kappa shape index (κ2) is 7.77. The Balaban J connectivity index is 1.38. The molecule has 2 N–H and O–H groups in total. The molecule has 2 atom stereocenters. The van der Waals surface area contributed by atoms with Gasteiger partial charge in [0.05, 0.1) is 7.11 Å². The minimum Gasteiger partial charge on any atom is -0.497 e. The molecule has 1 aromatic carbocycles. The van der Waals surface area contributed by atoms with Crippen LogP contribution in [0.15, 0.2) is 18.2 Å². The number of imide groups is 1. The van der Waals surface area contributed by atoms with Crippen molar-refractivity contribution >= 4 is 23.5 Å². The molecule has 9 heteroatoms. The summed E-state index contributed by atoms with van der Waals surface area (Å²) in [5.74, 6) is -0.548. The number of amides is 4. The van der Waals surface area contributed by atoms with Crippen molar-refractivity contribution in [1.82, 2.24) is 15.5 Å². The van der Waals surface area contributed by atoms with Crippen LogP contribution < -0.4 is 20.3 Å². The number of carbonyl (C=O) groups is 3. The summed E-state index contributed by atoms with van der Waals surface area (Å²) in [5.41, 5.74) is -0.239. The molecule has 0 bridgehead atoms. The Labute approximate surface area is 174 Å². The molecule has 2 saturated heterocycles. The van der Waals surface area contributed by atoms with E-state index in [0.29, 0.717) is 38.3 Å². The fraction of sp³-hybridized carbons (Fsp3) is 0.571. The Kier molecular flexibility index (Phi) is 5.29. The molecule has 1 aliphatic carbocycles. The highest BCUT2D eigenvalue weighted by Gasteiger charge is 2.56. The molecular weight excluding hydrogens is 391 g/mol. The smallest absolute Gasteiger partial charge is 0.322 e. The molecule has 1 aromatic rings. The monoisotopic (exact) mass is 418 g/mol. The molecule has 2 heterocycles. The topological polar surface area (TPSA) is 91.0 Å². The molecule has 30 heavy (non-hydrogen) atoms. The van der Waals surface area contributed by atoms with Gasteiger partial charge in [-0.15, -0.1) is 0 Å². The number of hydrogen-bond donors (Lipinski definition) is 2. The standard InChI is InChI=1S/C21H27FN4O4/c1-13(12-21(14-3-4-14)19(28)23-20(29)24-21)18(27)26-7-5-25(6-8-26)16-9-15(22)10-17(11-16)30-2/h9-11,13-14H,3-8,12H2,1-2H3,(H2,23,24,28,29). The van der Waals surface area contributed by atoms with E-state index in [1.165, 1.54) is 19.2 Å². The molecule has 162 valence electrons. The molecule has 4 amide bonds. The third-order valence-electron chi connectivity index (χ3n) is 6.34. The van der Waals surface area contributed by atoms with Gasteiger partial charge in [-0.2, -0.15) is 0 Å². The van der Waals surface area contributed by atoms with Crippen LogP contribution >= 0.6 is 0 Å². The van der Waals surface area contributed by atoms with E-state index >= 15 is 0 Å². The largest absolute Gasteiger partial charge is 0.497 e. The SMILES string of the molecule is COc1cc(F)cc(N2CCN(C(=O)C(C)CC3(C4CC4)NC(=O)NC3=O)CC2)c1. The number of piperazine rings is 1. The first-order chi connectivity index (χ1) is 14.3. The summed E-state index contributed by atoms with van der Waals surface area (Å²) in [5, 5.41) is 5.12. The molecule has 1 saturated carbocycles. The van der Waals surface area contributed by atoms with Crippen LogP contribution in [0.25, 0.3) is 0 Å². The van der Waals surface area contributed by atoms with Gasteiger partial charge in [-0.1, -0.05) is 6.92 Å². The quantitative estimate of drug-likeness (QED) is 0.684. The molecule has 3 fully saturated rings. The van der Waals surface area contributed by atoms with Crippen LogP contribution in [-0.4, -0.2) is 61.6 Å². The number of urea groups is 1. The minimum absolute atomic E-state index is 0.0274. The van der Waals surface area contributed by atoms with Crippen molar-refractivity contribution in [2.75, 3.05) is 38.2 Å². The van der Waals surface area contributed by atoms with Gasteiger partial charge >= 0.3 is 6.03 Å². The van der Waals surface area contributed by atoms with E-state index in [1.807, 2.05) is 11.8 Å². The fourth-order valence-corrected chi connectivity index (χ4v) is 4.59. The molecule has 0 spiro atoms. The summed E-state index contributed by atoms with van der Waals surface area (Å²) in [6.07, 6.45) is 2.06. The molecule has 2 unspecified atom stereocenters. The average molecular weight is 418 g/mol. The van der Waals surface area contributed by atoms with Gasteiger partial charge in [0.15, 0.2) is 0 Å². The number of nitrogens with zero attached hydrogens (tertiary/aromatic N) is 2. The summed E-state index contributed by atoms with van der Waals surface area (Å²) in [7, 11) is 1.50. The number of carbonyl (C=O) groups excluding carboxylic acids is 3. The van der Waals surface area contributed by atoms with Gasteiger partial charge < -0.3 is 19.9 Å². The van der Waals surface area contributed by atoms with E-state index < -0.39 is 17.5 Å². The van der Waals surface area contributed by atoms with Crippen LogP contribution in [0, 0.1) is 17.7 Å². The fourth-order valence-electron chi connectivity index (χ4n) is 4.59. The van der Waals surface area contributed by atoms with Gasteiger partial charge in [-0.05, 0) is 31.2 Å². The number of hydrogen-bond acceptors (Lipinski definition) is 5. The van der Waals surface area contributed by atoms with E-state index in [2.05, 4.69) is 10.6 Å². The summed E-state index contributed by atoms with van der Waals surface area (Å²) in [6, 6.07) is 4.09. The molecule has 3 aliphatic rings. The molecule has 4 rings (SSSR count). The second-order valence-corrected chi connectivity index (χ2v) is 8.42. The van der Waals surface area contributed by atoms with Gasteiger partial charge in [-0.25, -0.2) is 9.18 Å². The third kappa shape index (κ3) is 3.80. The zero-order valence-corrected chi connectivity index (χ0v) is 17.2. The van der Waals surface area contributed by atoms with Gasteiger partial charge in [-0.3, -0.25) is 14.9 Å². The van der Waals surface area contributed by atoms with Crippen LogP contribution in [0.4, 0.5) is 14.9 Å². The minimum atomic E-state index is -0.966. The van der Waals surface area contributed by atoms with E-state index in [9.17, 15) is 18.8 Å². The van der Waals surface area contributed by atoms with Gasteiger partial charge in [0.25, 0.3) is 5.91 Å². The highest BCUT2D eigenvalue weighted by atomic mass is 19.1. The van der Waals surface area contributed by atoms with Gasteiger partial charge in [0.2, 0.25) is 5.91 Å². The molecule has 0 aromatic heterocycles. The number of halogens is 1. The highest BCUT2D eigenvalue weighted by molar-refractivity contribution is 6.07. The van der Waals surface area contributed by atoms with Crippen molar-refractivity contribution in [3.63, 3.8) is 0 Å². The van der Waals surface area contributed by atoms with Crippen molar-refractivity contribution in [3.8, 4) is 5.75 Å². The van der Waals surface area contributed by atoms with Crippen molar-refractivity contribution in [3.05, 3.63) is 24.0 Å². The Hall–Kier alpha value is -2.84. The van der Waals surface area contributed by atoms with Gasteiger partial charge in [0.1, 0.15) is 17.1 Å². The Morgan fingerprint density at radius 3 is 2.50 bits per heavy atom. The number of benzene rings is 1.